The van der Waals surface area contributed by atoms with E-state index in [1.54, 1.807) is 30.0 Å². The summed E-state index contributed by atoms with van der Waals surface area (Å²) in [5, 5.41) is 10.6. The zero-order valence-electron chi connectivity index (χ0n) is 8.91. The highest BCUT2D eigenvalue weighted by Crippen LogP contribution is 2.11. The molecule has 0 saturated heterocycles. The Morgan fingerprint density at radius 2 is 2.44 bits per heavy atom. The van der Waals surface area contributed by atoms with Crippen LogP contribution in [0.4, 0.5) is 5.82 Å². The maximum atomic E-state index is 11.2. The molecule has 1 N–H and O–H groups in total. The molecule has 7 heteroatoms. The van der Waals surface area contributed by atoms with Crippen molar-refractivity contribution in [2.24, 2.45) is 0 Å². The predicted molar refractivity (Wildman–Crippen MR) is 55.9 cm³/mol. The zero-order chi connectivity index (χ0) is 11.5. The van der Waals surface area contributed by atoms with Gasteiger partial charge in [-0.25, -0.2) is 9.78 Å². The van der Waals surface area contributed by atoms with E-state index in [1.165, 1.54) is 7.11 Å². The summed E-state index contributed by atoms with van der Waals surface area (Å²) >= 11 is 0. The molecule has 0 amide bonds. The van der Waals surface area contributed by atoms with Crippen LogP contribution in [0.5, 0.6) is 0 Å². The van der Waals surface area contributed by atoms with Gasteiger partial charge in [-0.05, 0) is 6.92 Å². The first-order valence-electron chi connectivity index (χ1n) is 4.71. The smallest absolute Gasteiger partial charge is 0.328 e. The van der Waals surface area contributed by atoms with Gasteiger partial charge in [0.1, 0.15) is 12.4 Å². The normalized spacial score (nSPS) is 12.4. The second-order valence-electron chi connectivity index (χ2n) is 3.23. The Morgan fingerprint density at radius 3 is 3.19 bits per heavy atom. The van der Waals surface area contributed by atoms with Gasteiger partial charge in [-0.15, -0.1) is 10.2 Å². The molecule has 0 fully saturated rings. The van der Waals surface area contributed by atoms with Crippen LogP contribution in [-0.2, 0) is 9.53 Å². The molecule has 0 radical (unpaired) electrons. The quantitative estimate of drug-likeness (QED) is 0.740. The molecular weight excluding hydrogens is 210 g/mol. The molecule has 0 saturated carbocycles. The van der Waals surface area contributed by atoms with Crippen molar-refractivity contribution in [3.8, 4) is 0 Å². The van der Waals surface area contributed by atoms with E-state index in [4.69, 9.17) is 0 Å². The van der Waals surface area contributed by atoms with Gasteiger partial charge in [0, 0.05) is 12.4 Å². The van der Waals surface area contributed by atoms with Gasteiger partial charge in [0.25, 0.3) is 0 Å². The van der Waals surface area contributed by atoms with E-state index in [1.807, 2.05) is 0 Å². The molecule has 0 aliphatic rings. The van der Waals surface area contributed by atoms with Gasteiger partial charge in [0.15, 0.2) is 5.82 Å². The second kappa shape index (κ2) is 4.13. The number of esters is 1. The van der Waals surface area contributed by atoms with Crippen molar-refractivity contribution in [3.05, 3.63) is 18.7 Å². The molecule has 1 unspecified atom stereocenters. The fraction of sp³-hybridized carbons (Fsp3) is 0.333. The third-order valence-electron chi connectivity index (χ3n) is 2.12. The van der Waals surface area contributed by atoms with E-state index >= 15 is 0 Å². The average molecular weight is 221 g/mol. The number of aromatic nitrogens is 4. The number of methoxy groups -OCH3 is 1. The van der Waals surface area contributed by atoms with Gasteiger partial charge in [-0.2, -0.15) is 0 Å². The monoisotopic (exact) mass is 221 g/mol. The Balaban J connectivity index is 2.27. The Labute approximate surface area is 91.5 Å². The van der Waals surface area contributed by atoms with Crippen molar-refractivity contribution in [1.82, 2.24) is 19.6 Å². The summed E-state index contributed by atoms with van der Waals surface area (Å²) in [6, 6.07) is -0.486. The van der Waals surface area contributed by atoms with E-state index in [0.717, 1.165) is 0 Å². The third-order valence-corrected chi connectivity index (χ3v) is 2.12. The Kier molecular flexibility index (Phi) is 2.67. The maximum absolute atomic E-state index is 11.2. The lowest BCUT2D eigenvalue weighted by Gasteiger charge is -2.11. The molecule has 0 aliphatic heterocycles. The summed E-state index contributed by atoms with van der Waals surface area (Å²) in [6.07, 6.45) is 4.89. The lowest BCUT2D eigenvalue weighted by Crippen LogP contribution is -2.27. The van der Waals surface area contributed by atoms with Gasteiger partial charge in [0.05, 0.1) is 7.11 Å². The highest BCUT2D eigenvalue weighted by Gasteiger charge is 2.15. The van der Waals surface area contributed by atoms with E-state index < -0.39 is 6.04 Å². The molecule has 84 valence electrons. The minimum absolute atomic E-state index is 0.358. The first-order chi connectivity index (χ1) is 7.72. The first-order valence-corrected chi connectivity index (χ1v) is 4.71. The standard InChI is InChI=1S/C9H11N5O2/c1-6(9(15)16-2)12-7-8-13-11-5-14(8)4-3-10-7/h3-6H,1-2H3,(H,10,12). The van der Waals surface area contributed by atoms with Gasteiger partial charge in [0.2, 0.25) is 5.65 Å². The van der Waals surface area contributed by atoms with E-state index in [9.17, 15) is 4.79 Å². The Morgan fingerprint density at radius 1 is 1.62 bits per heavy atom. The fourth-order valence-corrected chi connectivity index (χ4v) is 1.30. The summed E-state index contributed by atoms with van der Waals surface area (Å²) in [5.74, 6) is 0.140. The largest absolute Gasteiger partial charge is 0.467 e. The number of anilines is 1. The lowest BCUT2D eigenvalue weighted by molar-refractivity contribution is -0.141. The summed E-state index contributed by atoms with van der Waals surface area (Å²) in [6.45, 7) is 1.69. The van der Waals surface area contributed by atoms with Crippen LogP contribution in [-0.4, -0.2) is 38.7 Å². The molecule has 2 aromatic rings. The van der Waals surface area contributed by atoms with Crippen molar-refractivity contribution < 1.29 is 9.53 Å². The first kappa shape index (κ1) is 10.3. The van der Waals surface area contributed by atoms with E-state index in [-0.39, 0.29) is 5.97 Å². The number of hydrogen-bond acceptors (Lipinski definition) is 6. The van der Waals surface area contributed by atoms with Crippen LogP contribution in [0.2, 0.25) is 0 Å². The van der Waals surface area contributed by atoms with Gasteiger partial charge in [-0.3, -0.25) is 4.40 Å². The third kappa shape index (κ3) is 1.79. The number of rotatable bonds is 3. The number of nitrogens with one attached hydrogen (secondary N) is 1. The van der Waals surface area contributed by atoms with Crippen LogP contribution >= 0.6 is 0 Å². The SMILES string of the molecule is COC(=O)C(C)Nc1nccn2cnnc12. The fourth-order valence-electron chi connectivity index (χ4n) is 1.30. The Hall–Kier alpha value is -2.18. The predicted octanol–water partition coefficient (Wildman–Crippen LogP) is 0.0977. The van der Waals surface area contributed by atoms with Crippen LogP contribution in [0.3, 0.4) is 0 Å². The van der Waals surface area contributed by atoms with Crippen molar-refractivity contribution in [1.29, 1.82) is 0 Å². The summed E-state index contributed by atoms with van der Waals surface area (Å²) in [7, 11) is 1.34. The molecule has 2 rings (SSSR count). The molecule has 0 spiro atoms. The Bertz CT molecular complexity index is 509. The van der Waals surface area contributed by atoms with Gasteiger partial charge in [-0.1, -0.05) is 0 Å². The van der Waals surface area contributed by atoms with E-state index in [2.05, 4.69) is 25.2 Å². The van der Waals surface area contributed by atoms with Gasteiger partial charge < -0.3 is 10.1 Å². The van der Waals surface area contributed by atoms with Crippen LogP contribution in [0, 0.1) is 0 Å². The minimum Gasteiger partial charge on any atom is -0.467 e. The van der Waals surface area contributed by atoms with Crippen molar-refractivity contribution in [3.63, 3.8) is 0 Å². The highest BCUT2D eigenvalue weighted by atomic mass is 16.5. The summed E-state index contributed by atoms with van der Waals surface area (Å²) < 4.78 is 6.31. The van der Waals surface area contributed by atoms with Crippen LogP contribution < -0.4 is 5.32 Å². The molecular formula is C9H11N5O2. The molecule has 7 nitrogen and oxygen atoms in total. The van der Waals surface area contributed by atoms with E-state index in [0.29, 0.717) is 11.5 Å². The summed E-state index contributed by atoms with van der Waals surface area (Å²) in [5.41, 5.74) is 0.568. The van der Waals surface area contributed by atoms with Crippen molar-refractivity contribution in [2.75, 3.05) is 12.4 Å². The number of carbonyl (C=O) groups is 1. The van der Waals surface area contributed by atoms with Crippen LogP contribution in [0.1, 0.15) is 6.92 Å². The topological polar surface area (TPSA) is 81.4 Å². The number of carbonyl (C=O) groups excluding carboxylic acids is 1. The highest BCUT2D eigenvalue weighted by molar-refractivity contribution is 5.79. The number of hydrogen-bond donors (Lipinski definition) is 1. The molecule has 0 bridgehead atoms. The number of ether oxygens (including phenoxy) is 1. The van der Waals surface area contributed by atoms with Gasteiger partial charge >= 0.3 is 5.97 Å². The van der Waals surface area contributed by atoms with Crippen LogP contribution in [0.15, 0.2) is 18.7 Å². The number of nitrogens with zero attached hydrogens (tertiary/aromatic N) is 4. The van der Waals surface area contributed by atoms with Crippen LogP contribution in [0.25, 0.3) is 5.65 Å². The zero-order valence-corrected chi connectivity index (χ0v) is 8.91. The van der Waals surface area contributed by atoms with Crippen molar-refractivity contribution in [2.45, 2.75) is 13.0 Å². The molecule has 1 atom stereocenters. The number of fused-ring (bicyclic) bond motifs is 1. The molecule has 16 heavy (non-hydrogen) atoms. The average Bonchev–Trinajstić information content (AvgIpc) is 2.77. The maximum Gasteiger partial charge on any atom is 0.328 e. The molecule has 0 aliphatic carbocycles. The summed E-state index contributed by atoms with van der Waals surface area (Å²) in [4.78, 5) is 15.3. The second-order valence-corrected chi connectivity index (χ2v) is 3.23. The minimum atomic E-state index is -0.486. The lowest BCUT2D eigenvalue weighted by atomic mass is 10.3. The van der Waals surface area contributed by atoms with Crippen molar-refractivity contribution >= 4 is 17.4 Å². The molecule has 2 aromatic heterocycles. The molecule has 2 heterocycles. The molecule has 0 aromatic carbocycles.